The van der Waals surface area contributed by atoms with Crippen LogP contribution in [0.4, 0.5) is 5.88 Å². The molecule has 1 aromatic rings. The average molecular weight is 210 g/mol. The van der Waals surface area contributed by atoms with Gasteiger partial charge in [0.2, 0.25) is 5.88 Å². The maximum absolute atomic E-state index is 5.78. The molecule has 0 amide bonds. The van der Waals surface area contributed by atoms with E-state index in [1.807, 2.05) is 0 Å². The molecule has 15 heavy (non-hydrogen) atoms. The predicted octanol–water partition coefficient (Wildman–Crippen LogP) is 2.27. The molecule has 4 nitrogen and oxygen atoms in total. The van der Waals surface area contributed by atoms with E-state index in [-0.39, 0.29) is 0 Å². The molecule has 2 N–H and O–H groups in total. The minimum absolute atomic E-state index is 0.355. The summed E-state index contributed by atoms with van der Waals surface area (Å²) >= 11 is 0. The summed E-state index contributed by atoms with van der Waals surface area (Å²) in [5, 5.41) is 4.08. The Balaban J connectivity index is 2.26. The fraction of sp³-hybridized carbons (Fsp3) is 0.727. The van der Waals surface area contributed by atoms with Gasteiger partial charge in [0.1, 0.15) is 0 Å². The zero-order chi connectivity index (χ0) is 10.8. The van der Waals surface area contributed by atoms with Crippen molar-refractivity contribution in [2.45, 2.75) is 38.5 Å². The molecule has 1 aliphatic rings. The molecule has 1 aromatic heterocycles. The summed E-state index contributed by atoms with van der Waals surface area (Å²) in [6, 6.07) is 0. The molecule has 1 aliphatic heterocycles. The van der Waals surface area contributed by atoms with Gasteiger partial charge in [-0.15, -0.1) is 0 Å². The number of hydrogen-bond donors (Lipinski definition) is 1. The van der Waals surface area contributed by atoms with Crippen LogP contribution in [0.5, 0.6) is 0 Å². The average Bonchev–Trinajstić information content (AvgIpc) is 2.61. The van der Waals surface area contributed by atoms with E-state index >= 15 is 0 Å². The third-order valence-electron chi connectivity index (χ3n) is 2.91. The molecule has 84 valence electrons. The molecule has 4 heteroatoms. The topological polar surface area (TPSA) is 61.3 Å². The first-order valence-electron chi connectivity index (χ1n) is 5.52. The van der Waals surface area contributed by atoms with Crippen molar-refractivity contribution in [3.05, 3.63) is 11.3 Å². The molecular weight excluding hydrogens is 192 g/mol. The number of ether oxygens (including phenoxy) is 1. The summed E-state index contributed by atoms with van der Waals surface area (Å²) < 4.78 is 10.5. The van der Waals surface area contributed by atoms with Crippen molar-refractivity contribution >= 4 is 5.88 Å². The van der Waals surface area contributed by atoms with Crippen molar-refractivity contribution in [3.8, 4) is 0 Å². The largest absolute Gasteiger partial charge is 0.381 e. The molecule has 0 aromatic carbocycles. The molecule has 0 saturated carbocycles. The Morgan fingerprint density at radius 3 is 2.87 bits per heavy atom. The Hall–Kier alpha value is -1.03. The normalized spacial score (nSPS) is 22.2. The minimum atomic E-state index is 0.355. The first kappa shape index (κ1) is 10.5. The van der Waals surface area contributed by atoms with E-state index < -0.39 is 0 Å². The van der Waals surface area contributed by atoms with Crippen LogP contribution < -0.4 is 5.73 Å². The second kappa shape index (κ2) is 4.23. The van der Waals surface area contributed by atoms with Gasteiger partial charge in [0.25, 0.3) is 0 Å². The Kier molecular flexibility index (Phi) is 2.95. The van der Waals surface area contributed by atoms with Crippen LogP contribution in [-0.4, -0.2) is 18.4 Å². The molecule has 2 rings (SSSR count). The van der Waals surface area contributed by atoms with Crippen LogP contribution in [0.1, 0.15) is 49.8 Å². The van der Waals surface area contributed by atoms with E-state index in [0.717, 1.165) is 37.3 Å². The highest BCUT2D eigenvalue weighted by atomic mass is 16.5. The molecule has 0 bridgehead atoms. The summed E-state index contributed by atoms with van der Waals surface area (Å²) in [5.41, 5.74) is 7.84. The van der Waals surface area contributed by atoms with Crippen LogP contribution in [-0.2, 0) is 4.74 Å². The van der Waals surface area contributed by atoms with Crippen molar-refractivity contribution in [1.82, 2.24) is 5.16 Å². The van der Waals surface area contributed by atoms with Gasteiger partial charge >= 0.3 is 0 Å². The summed E-state index contributed by atoms with van der Waals surface area (Å²) in [6.07, 6.45) is 2.21. The molecule has 1 saturated heterocycles. The number of nitrogen functional groups attached to an aromatic ring is 1. The highest BCUT2D eigenvalue weighted by Gasteiger charge is 2.26. The lowest BCUT2D eigenvalue weighted by Crippen LogP contribution is -2.17. The van der Waals surface area contributed by atoms with E-state index in [2.05, 4.69) is 19.0 Å². The Bertz CT molecular complexity index is 327. The van der Waals surface area contributed by atoms with Crippen LogP contribution in [0, 0.1) is 0 Å². The Morgan fingerprint density at radius 2 is 2.27 bits per heavy atom. The van der Waals surface area contributed by atoms with Crippen molar-refractivity contribution in [1.29, 1.82) is 0 Å². The predicted molar refractivity (Wildman–Crippen MR) is 57.8 cm³/mol. The van der Waals surface area contributed by atoms with Gasteiger partial charge in [-0.2, -0.15) is 0 Å². The summed E-state index contributed by atoms with van der Waals surface area (Å²) in [4.78, 5) is 0. The Morgan fingerprint density at radius 1 is 1.47 bits per heavy atom. The zero-order valence-corrected chi connectivity index (χ0v) is 9.32. The lowest BCUT2D eigenvalue weighted by atomic mass is 9.91. The first-order chi connectivity index (χ1) is 7.20. The standard InChI is InChI=1S/C11H18N2O2/c1-7(2)9-10(13-15-11(9)12)8-4-3-5-14-6-8/h7-8H,3-6,12H2,1-2H3. The SMILES string of the molecule is CC(C)c1c(C2CCCOC2)noc1N. The van der Waals surface area contributed by atoms with Gasteiger partial charge in [-0.3, -0.25) is 0 Å². The lowest BCUT2D eigenvalue weighted by Gasteiger charge is -2.21. The number of nitrogens with two attached hydrogens (primary N) is 1. The van der Waals surface area contributed by atoms with Crippen molar-refractivity contribution in [3.63, 3.8) is 0 Å². The zero-order valence-electron chi connectivity index (χ0n) is 9.32. The molecular formula is C11H18N2O2. The quantitative estimate of drug-likeness (QED) is 0.813. The van der Waals surface area contributed by atoms with Crippen LogP contribution in [0.25, 0.3) is 0 Å². The molecule has 1 atom stereocenters. The summed E-state index contributed by atoms with van der Waals surface area (Å²) in [5.74, 6) is 1.18. The van der Waals surface area contributed by atoms with Crippen LogP contribution in [0.3, 0.4) is 0 Å². The third-order valence-corrected chi connectivity index (χ3v) is 2.91. The molecule has 1 unspecified atom stereocenters. The van der Waals surface area contributed by atoms with Gasteiger partial charge in [0, 0.05) is 18.1 Å². The first-order valence-corrected chi connectivity index (χ1v) is 5.52. The van der Waals surface area contributed by atoms with E-state index in [1.165, 1.54) is 0 Å². The smallest absolute Gasteiger partial charge is 0.225 e. The van der Waals surface area contributed by atoms with Crippen LogP contribution in [0.2, 0.25) is 0 Å². The Labute approximate surface area is 89.8 Å². The number of aromatic nitrogens is 1. The minimum Gasteiger partial charge on any atom is -0.381 e. The van der Waals surface area contributed by atoms with Gasteiger partial charge in [-0.05, 0) is 18.8 Å². The summed E-state index contributed by atoms with van der Waals surface area (Å²) in [7, 11) is 0. The van der Waals surface area contributed by atoms with Gasteiger partial charge in [-0.1, -0.05) is 19.0 Å². The van der Waals surface area contributed by atoms with Crippen molar-refractivity contribution in [2.24, 2.45) is 0 Å². The van der Waals surface area contributed by atoms with Crippen LogP contribution >= 0.6 is 0 Å². The van der Waals surface area contributed by atoms with E-state index in [1.54, 1.807) is 0 Å². The molecule has 0 radical (unpaired) electrons. The van der Waals surface area contributed by atoms with Crippen LogP contribution in [0.15, 0.2) is 4.52 Å². The second-order valence-electron chi connectivity index (χ2n) is 4.41. The van der Waals surface area contributed by atoms with Crippen molar-refractivity contribution in [2.75, 3.05) is 18.9 Å². The molecule has 1 fully saturated rings. The maximum atomic E-state index is 5.78. The molecule has 0 spiro atoms. The van der Waals surface area contributed by atoms with Gasteiger partial charge < -0.3 is 15.0 Å². The maximum Gasteiger partial charge on any atom is 0.225 e. The van der Waals surface area contributed by atoms with E-state index in [4.69, 9.17) is 15.0 Å². The number of anilines is 1. The molecule has 2 heterocycles. The molecule has 0 aliphatic carbocycles. The van der Waals surface area contributed by atoms with E-state index in [9.17, 15) is 0 Å². The number of nitrogens with zero attached hydrogens (tertiary/aromatic N) is 1. The highest BCUT2D eigenvalue weighted by molar-refractivity contribution is 5.42. The van der Waals surface area contributed by atoms with Gasteiger partial charge in [0.15, 0.2) is 0 Å². The van der Waals surface area contributed by atoms with Gasteiger partial charge in [0.05, 0.1) is 12.3 Å². The summed E-state index contributed by atoms with van der Waals surface area (Å²) in [6.45, 7) is 5.82. The van der Waals surface area contributed by atoms with E-state index in [0.29, 0.717) is 17.7 Å². The fourth-order valence-electron chi connectivity index (χ4n) is 2.15. The highest BCUT2D eigenvalue weighted by Crippen LogP contribution is 2.34. The fourth-order valence-corrected chi connectivity index (χ4v) is 2.15. The second-order valence-corrected chi connectivity index (χ2v) is 4.41. The van der Waals surface area contributed by atoms with Gasteiger partial charge in [-0.25, -0.2) is 0 Å². The number of rotatable bonds is 2. The monoisotopic (exact) mass is 210 g/mol. The lowest BCUT2D eigenvalue weighted by molar-refractivity contribution is 0.0781. The third kappa shape index (κ3) is 2.00. The van der Waals surface area contributed by atoms with Crippen molar-refractivity contribution < 1.29 is 9.26 Å². The number of hydrogen-bond acceptors (Lipinski definition) is 4.